The quantitative estimate of drug-likeness (QED) is 0.713. The van der Waals surface area contributed by atoms with E-state index in [1.807, 2.05) is 12.1 Å². The van der Waals surface area contributed by atoms with Gasteiger partial charge in [-0.25, -0.2) is 4.68 Å². The van der Waals surface area contributed by atoms with Crippen molar-refractivity contribution in [3.63, 3.8) is 0 Å². The van der Waals surface area contributed by atoms with E-state index in [2.05, 4.69) is 20.8 Å². The van der Waals surface area contributed by atoms with Gasteiger partial charge in [-0.2, -0.15) is 0 Å². The Balaban J connectivity index is 1.38. The van der Waals surface area contributed by atoms with E-state index in [4.69, 9.17) is 11.6 Å². The minimum absolute atomic E-state index is 0.0787. The average molecular weight is 411 g/mol. The molecular formula is C20H19ClN6O2. The lowest BCUT2D eigenvalue weighted by atomic mass is 9.96. The van der Waals surface area contributed by atoms with Crippen LogP contribution in [0, 0.1) is 5.92 Å². The summed E-state index contributed by atoms with van der Waals surface area (Å²) in [7, 11) is 0. The van der Waals surface area contributed by atoms with Gasteiger partial charge in [-0.3, -0.25) is 9.59 Å². The second-order valence-electron chi connectivity index (χ2n) is 6.89. The van der Waals surface area contributed by atoms with Crippen molar-refractivity contribution < 1.29 is 9.59 Å². The van der Waals surface area contributed by atoms with Gasteiger partial charge in [0.05, 0.1) is 11.6 Å². The Morgan fingerprint density at radius 3 is 2.52 bits per heavy atom. The van der Waals surface area contributed by atoms with Gasteiger partial charge >= 0.3 is 0 Å². The molecule has 2 aromatic carbocycles. The Morgan fingerprint density at radius 2 is 1.83 bits per heavy atom. The highest BCUT2D eigenvalue weighted by molar-refractivity contribution is 6.30. The minimum atomic E-state index is -0.251. The average Bonchev–Trinajstić information content (AvgIpc) is 3.29. The topological polar surface area (TPSA) is 93.0 Å². The molecule has 1 atom stereocenters. The lowest BCUT2D eigenvalue weighted by molar-refractivity contribution is -0.121. The van der Waals surface area contributed by atoms with Crippen LogP contribution < -0.4 is 5.32 Å². The molecule has 29 heavy (non-hydrogen) atoms. The van der Waals surface area contributed by atoms with E-state index in [1.165, 1.54) is 11.0 Å². The van der Waals surface area contributed by atoms with E-state index in [-0.39, 0.29) is 17.7 Å². The number of hydrogen-bond donors (Lipinski definition) is 1. The summed E-state index contributed by atoms with van der Waals surface area (Å²) in [5.41, 5.74) is 2.06. The van der Waals surface area contributed by atoms with E-state index in [1.54, 1.807) is 41.3 Å². The molecule has 1 N–H and O–H groups in total. The molecule has 148 valence electrons. The molecule has 2 amide bonds. The second-order valence-corrected chi connectivity index (χ2v) is 7.32. The maximum absolute atomic E-state index is 12.7. The van der Waals surface area contributed by atoms with E-state index < -0.39 is 0 Å². The summed E-state index contributed by atoms with van der Waals surface area (Å²) < 4.78 is 1.53. The molecule has 0 bridgehead atoms. The maximum Gasteiger partial charge on any atom is 0.253 e. The number of nitrogens with zero attached hydrogens (tertiary/aromatic N) is 5. The van der Waals surface area contributed by atoms with Gasteiger partial charge in [-0.15, -0.1) is 5.10 Å². The van der Waals surface area contributed by atoms with E-state index in [0.29, 0.717) is 29.4 Å². The Morgan fingerprint density at radius 1 is 1.07 bits per heavy atom. The molecule has 1 fully saturated rings. The maximum atomic E-state index is 12.7. The summed E-state index contributed by atoms with van der Waals surface area (Å²) in [6.07, 6.45) is 3.04. The summed E-state index contributed by atoms with van der Waals surface area (Å²) >= 11 is 5.89. The number of aromatic nitrogens is 4. The van der Waals surface area contributed by atoms with Crippen molar-refractivity contribution in [2.75, 3.05) is 18.4 Å². The Bertz CT molecular complexity index is 989. The van der Waals surface area contributed by atoms with Crippen LogP contribution in [0.5, 0.6) is 0 Å². The number of nitrogens with one attached hydrogen (secondary N) is 1. The van der Waals surface area contributed by atoms with Crippen LogP contribution in [0.4, 0.5) is 5.69 Å². The van der Waals surface area contributed by atoms with Gasteiger partial charge in [0.2, 0.25) is 5.91 Å². The number of tetrazole rings is 1. The van der Waals surface area contributed by atoms with Gasteiger partial charge in [-0.05, 0) is 71.8 Å². The van der Waals surface area contributed by atoms with Gasteiger partial charge in [0.1, 0.15) is 6.33 Å². The predicted octanol–water partition coefficient (Wildman–Crippen LogP) is 2.81. The molecular weight excluding hydrogens is 392 g/mol. The molecule has 4 rings (SSSR count). The van der Waals surface area contributed by atoms with Crippen LogP contribution in [0.15, 0.2) is 54.9 Å². The van der Waals surface area contributed by atoms with Crippen molar-refractivity contribution in [1.29, 1.82) is 0 Å². The molecule has 0 aliphatic carbocycles. The highest BCUT2D eigenvalue weighted by atomic mass is 35.5. The standard InChI is InChI=1S/C20H19ClN6O2/c21-16-5-3-14(4-6-16)20(29)26-11-1-2-15(12-26)19(28)23-17-7-9-18(10-8-17)27-13-22-24-25-27/h3-10,13,15H,1-2,11-12H2,(H,23,28). The van der Waals surface area contributed by atoms with Crippen molar-refractivity contribution in [3.8, 4) is 5.69 Å². The van der Waals surface area contributed by atoms with Gasteiger partial charge in [0.25, 0.3) is 5.91 Å². The highest BCUT2D eigenvalue weighted by Gasteiger charge is 2.29. The molecule has 0 spiro atoms. The van der Waals surface area contributed by atoms with E-state index in [9.17, 15) is 9.59 Å². The van der Waals surface area contributed by atoms with Gasteiger partial charge < -0.3 is 10.2 Å². The van der Waals surface area contributed by atoms with Gasteiger partial charge in [-0.1, -0.05) is 11.6 Å². The SMILES string of the molecule is O=C(Nc1ccc(-n2cnnn2)cc1)C1CCCN(C(=O)c2ccc(Cl)cc2)C1. The lowest BCUT2D eigenvalue weighted by Gasteiger charge is -2.32. The fourth-order valence-electron chi connectivity index (χ4n) is 3.37. The molecule has 0 radical (unpaired) electrons. The number of halogens is 1. The summed E-state index contributed by atoms with van der Waals surface area (Å²) in [4.78, 5) is 27.2. The number of amides is 2. The molecule has 9 heteroatoms. The number of carbonyl (C=O) groups excluding carboxylic acids is 2. The van der Waals surface area contributed by atoms with Crippen molar-refractivity contribution in [3.05, 3.63) is 65.4 Å². The van der Waals surface area contributed by atoms with Crippen molar-refractivity contribution in [2.45, 2.75) is 12.8 Å². The van der Waals surface area contributed by atoms with Gasteiger partial charge in [0, 0.05) is 29.4 Å². The summed E-state index contributed by atoms with van der Waals surface area (Å²) in [5.74, 6) is -0.419. The fraction of sp³-hybridized carbons (Fsp3) is 0.250. The Labute approximate surface area is 172 Å². The number of likely N-dealkylation sites (tertiary alicyclic amines) is 1. The molecule has 0 saturated carbocycles. The zero-order valence-electron chi connectivity index (χ0n) is 15.5. The summed E-state index contributed by atoms with van der Waals surface area (Å²) in [6, 6.07) is 14.1. The van der Waals surface area contributed by atoms with Crippen LogP contribution in [0.1, 0.15) is 23.2 Å². The first-order valence-electron chi connectivity index (χ1n) is 9.29. The molecule has 1 unspecified atom stereocenters. The molecule has 1 aliphatic heterocycles. The van der Waals surface area contributed by atoms with Crippen LogP contribution in [-0.4, -0.2) is 50.0 Å². The van der Waals surface area contributed by atoms with Crippen molar-refractivity contribution >= 4 is 29.1 Å². The van der Waals surface area contributed by atoms with Crippen LogP contribution in [0.25, 0.3) is 5.69 Å². The number of piperidine rings is 1. The van der Waals surface area contributed by atoms with Crippen LogP contribution in [-0.2, 0) is 4.79 Å². The number of benzene rings is 2. The summed E-state index contributed by atoms with van der Waals surface area (Å²) in [5, 5.41) is 14.6. The Kier molecular flexibility index (Phi) is 5.53. The molecule has 8 nitrogen and oxygen atoms in total. The number of hydrogen-bond acceptors (Lipinski definition) is 5. The summed E-state index contributed by atoms with van der Waals surface area (Å²) in [6.45, 7) is 1.04. The number of rotatable bonds is 4. The zero-order valence-corrected chi connectivity index (χ0v) is 16.3. The molecule has 1 aliphatic rings. The first-order chi connectivity index (χ1) is 14.1. The first-order valence-corrected chi connectivity index (χ1v) is 9.67. The number of anilines is 1. The van der Waals surface area contributed by atoms with Crippen molar-refractivity contribution in [2.24, 2.45) is 5.92 Å². The second kappa shape index (κ2) is 8.40. The minimum Gasteiger partial charge on any atom is -0.338 e. The van der Waals surface area contributed by atoms with Gasteiger partial charge in [0.15, 0.2) is 0 Å². The first kappa shape index (κ1) is 19.1. The monoisotopic (exact) mass is 410 g/mol. The normalized spacial score (nSPS) is 16.4. The third-order valence-corrected chi connectivity index (χ3v) is 5.17. The Hall–Kier alpha value is -3.26. The molecule has 1 aromatic heterocycles. The van der Waals surface area contributed by atoms with Crippen LogP contribution in [0.2, 0.25) is 5.02 Å². The van der Waals surface area contributed by atoms with Crippen molar-refractivity contribution in [1.82, 2.24) is 25.1 Å². The van der Waals surface area contributed by atoms with E-state index >= 15 is 0 Å². The van der Waals surface area contributed by atoms with E-state index in [0.717, 1.165) is 18.5 Å². The lowest BCUT2D eigenvalue weighted by Crippen LogP contribution is -2.43. The fourth-order valence-corrected chi connectivity index (χ4v) is 3.50. The smallest absolute Gasteiger partial charge is 0.253 e. The highest BCUT2D eigenvalue weighted by Crippen LogP contribution is 2.22. The predicted molar refractivity (Wildman–Crippen MR) is 108 cm³/mol. The number of carbonyl (C=O) groups is 2. The third-order valence-electron chi connectivity index (χ3n) is 4.92. The molecule has 2 heterocycles. The molecule has 1 saturated heterocycles. The molecule has 3 aromatic rings. The third kappa shape index (κ3) is 4.43. The van der Waals surface area contributed by atoms with Crippen LogP contribution in [0.3, 0.4) is 0 Å². The largest absolute Gasteiger partial charge is 0.338 e. The zero-order chi connectivity index (χ0) is 20.2. The van der Waals surface area contributed by atoms with Crippen LogP contribution >= 0.6 is 11.6 Å².